The van der Waals surface area contributed by atoms with Gasteiger partial charge < -0.3 is 20.1 Å². The number of carbonyl (C=O) groups excluding carboxylic acids is 1. The molecule has 0 aliphatic heterocycles. The highest BCUT2D eigenvalue weighted by Gasteiger charge is 2.10. The second-order valence-electron chi connectivity index (χ2n) is 7.53. The van der Waals surface area contributed by atoms with Crippen LogP contribution in [0.2, 0.25) is 0 Å². The Kier molecular flexibility index (Phi) is 7.96. The van der Waals surface area contributed by atoms with Crippen molar-refractivity contribution in [2.45, 2.75) is 25.7 Å². The average molecular weight is 437 g/mol. The van der Waals surface area contributed by atoms with E-state index in [0.29, 0.717) is 31.8 Å². The van der Waals surface area contributed by atoms with Gasteiger partial charge >= 0.3 is 11.9 Å². The minimum atomic E-state index is -1.02. The molecule has 168 valence electrons. The van der Waals surface area contributed by atoms with Gasteiger partial charge in [0.25, 0.3) is 0 Å². The molecule has 8 nitrogen and oxygen atoms in total. The second-order valence-corrected chi connectivity index (χ2v) is 7.53. The Morgan fingerprint density at radius 3 is 2.28 bits per heavy atom. The first-order valence-corrected chi connectivity index (χ1v) is 10.6. The van der Waals surface area contributed by atoms with Crippen molar-refractivity contribution < 1.29 is 19.4 Å². The Balaban J connectivity index is 1.49. The molecule has 0 aliphatic rings. The highest BCUT2D eigenvalue weighted by Crippen LogP contribution is 2.30. The molecule has 0 atom stereocenters. The number of esters is 1. The van der Waals surface area contributed by atoms with Crippen LogP contribution in [0.25, 0.3) is 21.8 Å². The fourth-order valence-electron chi connectivity index (χ4n) is 3.41. The van der Waals surface area contributed by atoms with Crippen LogP contribution >= 0.6 is 0 Å². The Morgan fingerprint density at radius 1 is 1.03 bits per heavy atom. The van der Waals surface area contributed by atoms with Gasteiger partial charge in [-0.25, -0.2) is 4.98 Å². The van der Waals surface area contributed by atoms with Gasteiger partial charge in [0, 0.05) is 37.3 Å². The van der Waals surface area contributed by atoms with E-state index in [4.69, 9.17) is 20.2 Å². The second kappa shape index (κ2) is 11.1. The number of carbonyl (C=O) groups is 2. The van der Waals surface area contributed by atoms with Crippen molar-refractivity contribution in [3.63, 3.8) is 0 Å². The van der Waals surface area contributed by atoms with Gasteiger partial charge in [0.1, 0.15) is 0 Å². The van der Waals surface area contributed by atoms with E-state index in [0.717, 1.165) is 27.5 Å². The minimum Gasteiger partial charge on any atom is -0.481 e. The van der Waals surface area contributed by atoms with Crippen molar-refractivity contribution in [2.75, 3.05) is 32.1 Å². The van der Waals surface area contributed by atoms with Crippen molar-refractivity contribution in [1.29, 1.82) is 5.41 Å². The number of benzene rings is 2. The van der Waals surface area contributed by atoms with Crippen LogP contribution in [0, 0.1) is 5.41 Å². The van der Waals surface area contributed by atoms with Crippen LogP contribution in [0.5, 0.6) is 0 Å². The molecule has 32 heavy (non-hydrogen) atoms. The predicted molar refractivity (Wildman–Crippen MR) is 125 cm³/mol. The van der Waals surface area contributed by atoms with Gasteiger partial charge in [-0.2, -0.15) is 0 Å². The number of likely N-dealkylation sites (N-methyl/N-ethyl adjacent to an activating group) is 1. The van der Waals surface area contributed by atoms with Gasteiger partial charge in [0.2, 0.25) is 0 Å². The molecule has 0 saturated carbocycles. The number of carboxylic acid groups (broad SMARTS) is 1. The molecule has 2 aromatic carbocycles. The molecule has 0 aliphatic carbocycles. The summed E-state index contributed by atoms with van der Waals surface area (Å²) in [5.74, 6) is -1.09. The molecule has 0 unspecified atom stereocenters. The van der Waals surface area contributed by atoms with E-state index in [1.807, 2.05) is 48.3 Å². The van der Waals surface area contributed by atoms with E-state index < -0.39 is 11.9 Å². The van der Waals surface area contributed by atoms with Crippen LogP contribution in [0.4, 0.5) is 5.69 Å². The zero-order chi connectivity index (χ0) is 22.9. The summed E-state index contributed by atoms with van der Waals surface area (Å²) in [6.45, 7) is 1.48. The number of pyridine rings is 1. The number of para-hydroxylation sites is 2. The van der Waals surface area contributed by atoms with Gasteiger partial charge in [0.05, 0.1) is 42.0 Å². The third-order valence-corrected chi connectivity index (χ3v) is 5.16. The zero-order valence-corrected chi connectivity index (χ0v) is 18.1. The van der Waals surface area contributed by atoms with Crippen molar-refractivity contribution in [2.24, 2.45) is 0 Å². The molecular weight excluding hydrogens is 408 g/mol. The van der Waals surface area contributed by atoms with E-state index in [9.17, 15) is 9.59 Å². The highest BCUT2D eigenvalue weighted by atomic mass is 16.5. The smallest absolute Gasteiger partial charge is 0.306 e. The van der Waals surface area contributed by atoms with E-state index in [-0.39, 0.29) is 19.4 Å². The maximum atomic E-state index is 11.4. The zero-order valence-electron chi connectivity index (χ0n) is 18.1. The molecule has 0 spiro atoms. The maximum absolute atomic E-state index is 11.4. The lowest BCUT2D eigenvalue weighted by Crippen LogP contribution is -2.31. The normalized spacial score (nSPS) is 10.8. The third-order valence-electron chi connectivity index (χ3n) is 5.16. The van der Waals surface area contributed by atoms with Crippen molar-refractivity contribution in [3.8, 4) is 0 Å². The SMILES string of the molecule is CN(CCNc1c2ccccc2nc2ccccc12)C(=N)CCCOC(=O)CCC(=O)O. The summed E-state index contributed by atoms with van der Waals surface area (Å²) in [4.78, 5) is 28.5. The molecular formula is C24H28N4O4. The first kappa shape index (κ1) is 23.0. The summed E-state index contributed by atoms with van der Waals surface area (Å²) in [6, 6.07) is 16.1. The first-order chi connectivity index (χ1) is 15.5. The van der Waals surface area contributed by atoms with Crippen LogP contribution in [-0.2, 0) is 14.3 Å². The number of hydrogen-bond acceptors (Lipinski definition) is 6. The van der Waals surface area contributed by atoms with Crippen molar-refractivity contribution in [1.82, 2.24) is 9.88 Å². The number of nitrogens with zero attached hydrogens (tertiary/aromatic N) is 2. The summed E-state index contributed by atoms with van der Waals surface area (Å²) in [5.41, 5.74) is 2.92. The summed E-state index contributed by atoms with van der Waals surface area (Å²) in [5, 5.41) is 22.5. The van der Waals surface area contributed by atoms with E-state index in [1.54, 1.807) is 0 Å². The monoisotopic (exact) mass is 436 g/mol. The molecule has 3 aromatic rings. The minimum absolute atomic E-state index is 0.128. The molecule has 0 radical (unpaired) electrons. The summed E-state index contributed by atoms with van der Waals surface area (Å²) >= 11 is 0. The topological polar surface area (TPSA) is 116 Å². The van der Waals surface area contributed by atoms with E-state index in [1.165, 1.54) is 0 Å². The fraction of sp³-hybridized carbons (Fsp3) is 0.333. The molecule has 0 bridgehead atoms. The lowest BCUT2D eigenvalue weighted by Gasteiger charge is -2.21. The van der Waals surface area contributed by atoms with Crippen molar-refractivity contribution >= 4 is 45.3 Å². The first-order valence-electron chi connectivity index (χ1n) is 10.6. The average Bonchev–Trinajstić information content (AvgIpc) is 2.79. The number of aliphatic carboxylic acids is 1. The van der Waals surface area contributed by atoms with Gasteiger partial charge in [-0.3, -0.25) is 15.0 Å². The van der Waals surface area contributed by atoms with Gasteiger partial charge in [-0.15, -0.1) is 0 Å². The lowest BCUT2D eigenvalue weighted by atomic mass is 10.1. The number of carboxylic acids is 1. The third kappa shape index (κ3) is 6.16. The predicted octanol–water partition coefficient (Wildman–Crippen LogP) is 3.90. The van der Waals surface area contributed by atoms with Crippen molar-refractivity contribution in [3.05, 3.63) is 48.5 Å². The number of anilines is 1. The lowest BCUT2D eigenvalue weighted by molar-refractivity contribution is -0.147. The Bertz CT molecular complexity index is 1060. The molecule has 1 aromatic heterocycles. The molecule has 3 N–H and O–H groups in total. The van der Waals surface area contributed by atoms with Crippen LogP contribution < -0.4 is 5.32 Å². The summed E-state index contributed by atoms with van der Waals surface area (Å²) < 4.78 is 5.01. The number of fused-ring (bicyclic) bond motifs is 2. The Hall–Kier alpha value is -3.68. The van der Waals surface area contributed by atoms with Crippen LogP contribution in [0.3, 0.4) is 0 Å². The molecule has 0 fully saturated rings. The van der Waals surface area contributed by atoms with Gasteiger partial charge in [0.15, 0.2) is 0 Å². The van der Waals surface area contributed by atoms with Crippen LogP contribution in [0.15, 0.2) is 48.5 Å². The number of ether oxygens (including phenoxy) is 1. The van der Waals surface area contributed by atoms with Crippen LogP contribution in [0.1, 0.15) is 25.7 Å². The van der Waals surface area contributed by atoms with Crippen LogP contribution in [-0.4, -0.2) is 59.5 Å². The number of hydrogen-bond donors (Lipinski definition) is 3. The summed E-state index contributed by atoms with van der Waals surface area (Å²) in [6.07, 6.45) is 0.641. The standard InChI is InChI=1S/C24H28N4O4/c1-28(21(25)11-6-16-32-23(31)13-12-22(29)30)15-14-26-24-17-7-2-4-9-19(17)27-20-10-5-3-8-18(20)24/h2-5,7-10,25H,6,11-16H2,1H3,(H,26,27)(H,29,30). The molecule has 0 amide bonds. The number of aromatic nitrogens is 1. The quantitative estimate of drug-likeness (QED) is 0.137. The number of rotatable bonds is 11. The van der Waals surface area contributed by atoms with E-state index in [2.05, 4.69) is 17.4 Å². The largest absolute Gasteiger partial charge is 0.481 e. The molecule has 3 rings (SSSR count). The fourth-order valence-corrected chi connectivity index (χ4v) is 3.41. The van der Waals surface area contributed by atoms with Gasteiger partial charge in [-0.05, 0) is 18.6 Å². The summed E-state index contributed by atoms with van der Waals surface area (Å²) in [7, 11) is 1.87. The molecule has 8 heteroatoms. The molecule has 1 heterocycles. The number of nitrogens with one attached hydrogen (secondary N) is 2. The number of amidine groups is 1. The molecule has 0 saturated heterocycles. The Morgan fingerprint density at radius 2 is 1.66 bits per heavy atom. The Labute approximate surface area is 186 Å². The van der Waals surface area contributed by atoms with E-state index >= 15 is 0 Å². The highest BCUT2D eigenvalue weighted by molar-refractivity contribution is 6.07. The maximum Gasteiger partial charge on any atom is 0.306 e. The van der Waals surface area contributed by atoms with Gasteiger partial charge in [-0.1, -0.05) is 36.4 Å².